The minimum absolute atomic E-state index is 0.0163. The second kappa shape index (κ2) is 5.22. The number of aliphatic hydroxyl groups excluding tert-OH is 1. The molecule has 0 aliphatic heterocycles. The van der Waals surface area contributed by atoms with Gasteiger partial charge in [0.15, 0.2) is 0 Å². The predicted octanol–water partition coefficient (Wildman–Crippen LogP) is -0.0307. The Hall–Kier alpha value is -0.470. The van der Waals surface area contributed by atoms with E-state index >= 15 is 0 Å². The van der Waals surface area contributed by atoms with E-state index in [1.54, 1.807) is 0 Å². The molecule has 0 aliphatic carbocycles. The molecule has 11 heavy (non-hydrogen) atoms. The van der Waals surface area contributed by atoms with Crippen molar-refractivity contribution in [3.05, 3.63) is 30.3 Å². The van der Waals surface area contributed by atoms with Gasteiger partial charge >= 0.3 is 76.5 Å². The maximum absolute atomic E-state index is 8.39. The van der Waals surface area contributed by atoms with Crippen LogP contribution in [0.15, 0.2) is 30.3 Å². The first-order valence-electron chi connectivity index (χ1n) is 3.24. The summed E-state index contributed by atoms with van der Waals surface area (Å²) in [6.07, 6.45) is 0. The van der Waals surface area contributed by atoms with E-state index in [-0.39, 0.29) is 27.5 Å². The summed E-state index contributed by atoms with van der Waals surface area (Å²) in [6.45, 7) is -0.0163. The summed E-state index contributed by atoms with van der Waals surface area (Å²) in [4.78, 5) is 0. The van der Waals surface area contributed by atoms with Crippen molar-refractivity contribution in [3.63, 3.8) is 0 Å². The predicted molar refractivity (Wildman–Crippen MR) is 46.7 cm³/mol. The molecule has 0 bridgehead atoms. The molecule has 0 aromatic heterocycles. The Morgan fingerprint density at radius 1 is 1.27 bits per heavy atom. The zero-order valence-electron chi connectivity index (χ0n) is 5.95. The normalized spacial score (nSPS) is 8.45. The number of hydrogen-bond donors (Lipinski definition) is 1. The van der Waals surface area contributed by atoms with Gasteiger partial charge in [-0.1, -0.05) is 0 Å². The molecular formula is C9H8OTe. The Bertz CT molecular complexity index is 258. The summed E-state index contributed by atoms with van der Waals surface area (Å²) in [5.74, 6) is 2.66. The van der Waals surface area contributed by atoms with Crippen molar-refractivity contribution in [2.24, 2.45) is 0 Å². The van der Waals surface area contributed by atoms with Crippen molar-refractivity contribution in [1.82, 2.24) is 0 Å². The second-order valence-electron chi connectivity index (χ2n) is 1.85. The van der Waals surface area contributed by atoms with Gasteiger partial charge in [-0.3, -0.25) is 0 Å². The molecule has 1 rings (SSSR count). The number of aliphatic hydroxyl groups is 1. The van der Waals surface area contributed by atoms with E-state index in [2.05, 4.69) is 22.0 Å². The number of rotatable bonds is 1. The van der Waals surface area contributed by atoms with Gasteiger partial charge in [-0.05, 0) is 0 Å². The van der Waals surface area contributed by atoms with Crippen LogP contribution in [0.25, 0.3) is 0 Å². The van der Waals surface area contributed by atoms with Gasteiger partial charge in [-0.15, -0.1) is 0 Å². The zero-order valence-corrected chi connectivity index (χ0v) is 8.28. The van der Waals surface area contributed by atoms with Gasteiger partial charge < -0.3 is 0 Å². The standard InChI is InChI=1S/C9H8OTe/c10-7-4-8-11-9-5-2-1-3-6-9/h1-3,5-6,10H,7H2. The average Bonchev–Trinajstić information content (AvgIpc) is 2.07. The van der Waals surface area contributed by atoms with Crippen LogP contribution in [0.4, 0.5) is 0 Å². The molecule has 0 radical (unpaired) electrons. The molecule has 0 spiro atoms. The number of hydrogen-bond acceptors (Lipinski definition) is 1. The van der Waals surface area contributed by atoms with E-state index in [1.165, 1.54) is 3.61 Å². The van der Waals surface area contributed by atoms with Crippen LogP contribution in [-0.2, 0) is 0 Å². The molecule has 56 valence electrons. The Balaban J connectivity index is 2.52. The van der Waals surface area contributed by atoms with Gasteiger partial charge in [0.1, 0.15) is 0 Å². The van der Waals surface area contributed by atoms with Crippen molar-refractivity contribution in [2.45, 2.75) is 0 Å². The summed E-state index contributed by atoms with van der Waals surface area (Å²) in [7, 11) is 0. The topological polar surface area (TPSA) is 20.2 Å². The first-order chi connectivity index (χ1) is 5.43. The van der Waals surface area contributed by atoms with Gasteiger partial charge in [0.2, 0.25) is 0 Å². The van der Waals surface area contributed by atoms with Crippen LogP contribution in [0.1, 0.15) is 0 Å². The van der Waals surface area contributed by atoms with E-state index in [1.807, 2.05) is 18.2 Å². The Kier molecular flexibility index (Phi) is 4.09. The second-order valence-corrected chi connectivity index (χ2v) is 4.36. The molecule has 1 N–H and O–H groups in total. The molecule has 0 amide bonds. The van der Waals surface area contributed by atoms with Crippen molar-refractivity contribution >= 4 is 24.5 Å². The Labute approximate surface area is 76.5 Å². The van der Waals surface area contributed by atoms with Crippen LogP contribution >= 0.6 is 0 Å². The SMILES string of the molecule is OCC#C[Te]c1ccccc1. The summed E-state index contributed by atoms with van der Waals surface area (Å²) in [5, 5.41) is 8.39. The molecule has 1 aromatic carbocycles. The molecule has 0 saturated carbocycles. The molecule has 0 aliphatic rings. The molecule has 2 heteroatoms. The minimum atomic E-state index is -0.369. The third-order valence-electron chi connectivity index (χ3n) is 1.06. The van der Waals surface area contributed by atoms with Crippen molar-refractivity contribution in [2.75, 3.05) is 6.61 Å². The number of benzene rings is 1. The van der Waals surface area contributed by atoms with Gasteiger partial charge in [-0.25, -0.2) is 0 Å². The fourth-order valence-electron chi connectivity index (χ4n) is 0.616. The van der Waals surface area contributed by atoms with Crippen LogP contribution in [0.3, 0.4) is 0 Å². The average molecular weight is 260 g/mol. The van der Waals surface area contributed by atoms with E-state index in [9.17, 15) is 0 Å². The zero-order chi connectivity index (χ0) is 7.94. The van der Waals surface area contributed by atoms with Crippen molar-refractivity contribution < 1.29 is 5.11 Å². The first kappa shape index (κ1) is 8.62. The van der Waals surface area contributed by atoms with Crippen molar-refractivity contribution in [1.29, 1.82) is 0 Å². The Morgan fingerprint density at radius 3 is 2.64 bits per heavy atom. The van der Waals surface area contributed by atoms with Crippen LogP contribution in [-0.4, -0.2) is 32.6 Å². The first-order valence-corrected chi connectivity index (χ1v) is 5.57. The monoisotopic (exact) mass is 262 g/mol. The fraction of sp³-hybridized carbons (Fsp3) is 0.111. The molecule has 0 unspecified atom stereocenters. The fourth-order valence-corrected chi connectivity index (χ4v) is 2.18. The van der Waals surface area contributed by atoms with E-state index in [4.69, 9.17) is 5.11 Å². The molecule has 0 saturated heterocycles. The summed E-state index contributed by atoms with van der Waals surface area (Å²) in [5.41, 5.74) is 0. The van der Waals surface area contributed by atoms with Crippen LogP contribution in [0.5, 0.6) is 0 Å². The van der Waals surface area contributed by atoms with Gasteiger partial charge in [0.05, 0.1) is 0 Å². The summed E-state index contributed by atoms with van der Waals surface area (Å²) in [6, 6.07) is 10.2. The van der Waals surface area contributed by atoms with Gasteiger partial charge in [0.25, 0.3) is 0 Å². The van der Waals surface area contributed by atoms with Crippen LogP contribution in [0, 0.1) is 9.89 Å². The van der Waals surface area contributed by atoms with E-state index in [0.717, 1.165) is 0 Å². The molecular weight excluding hydrogens is 252 g/mol. The Morgan fingerprint density at radius 2 is 2.00 bits per heavy atom. The molecule has 1 nitrogen and oxygen atoms in total. The molecule has 0 atom stereocenters. The quantitative estimate of drug-likeness (QED) is 0.555. The molecule has 0 heterocycles. The summed E-state index contributed by atoms with van der Waals surface area (Å²) < 4.78 is 4.30. The van der Waals surface area contributed by atoms with Gasteiger partial charge in [0, 0.05) is 0 Å². The van der Waals surface area contributed by atoms with Gasteiger partial charge in [-0.2, -0.15) is 0 Å². The third-order valence-corrected chi connectivity index (χ3v) is 3.22. The van der Waals surface area contributed by atoms with E-state index in [0.29, 0.717) is 0 Å². The third kappa shape index (κ3) is 3.44. The molecule has 0 fully saturated rings. The van der Waals surface area contributed by atoms with Crippen LogP contribution in [0.2, 0.25) is 0 Å². The maximum atomic E-state index is 8.39. The van der Waals surface area contributed by atoms with E-state index < -0.39 is 0 Å². The summed E-state index contributed by atoms with van der Waals surface area (Å²) >= 11 is -0.369. The van der Waals surface area contributed by atoms with Crippen molar-refractivity contribution in [3.8, 4) is 9.89 Å². The van der Waals surface area contributed by atoms with Crippen LogP contribution < -0.4 is 3.61 Å². The molecule has 1 aromatic rings.